The molecule has 0 fully saturated rings. The van der Waals surface area contributed by atoms with Crippen LogP contribution in [-0.4, -0.2) is 19.2 Å². The maximum absolute atomic E-state index is 14.3. The summed E-state index contributed by atoms with van der Waals surface area (Å²) in [6, 6.07) is 7.65. The number of rotatable bonds is 4. The van der Waals surface area contributed by atoms with Gasteiger partial charge in [-0.3, -0.25) is 0 Å². The lowest BCUT2D eigenvalue weighted by Crippen LogP contribution is -2.53. The second-order valence-electron chi connectivity index (χ2n) is 4.76. The lowest BCUT2D eigenvalue weighted by Gasteiger charge is -2.18. The maximum Gasteiger partial charge on any atom is 0.492 e. The van der Waals surface area contributed by atoms with Gasteiger partial charge in [0.1, 0.15) is 0 Å². The van der Waals surface area contributed by atoms with Gasteiger partial charge in [-0.25, -0.2) is 0 Å². The number of aliphatic hydroxyl groups excluding tert-OH is 1. The highest BCUT2D eigenvalue weighted by molar-refractivity contribution is 5.41. The first-order valence-corrected chi connectivity index (χ1v) is 6.23. The van der Waals surface area contributed by atoms with E-state index >= 15 is 0 Å². The molecule has 0 radical (unpaired) electrons. The van der Waals surface area contributed by atoms with Crippen LogP contribution >= 0.6 is 0 Å². The van der Waals surface area contributed by atoms with E-state index in [1.54, 1.807) is 30.3 Å². The first-order valence-electron chi connectivity index (χ1n) is 6.23. The van der Waals surface area contributed by atoms with Crippen LogP contribution in [-0.2, 0) is 6.05 Å². The number of aromatic nitrogens is 1. The van der Waals surface area contributed by atoms with E-state index in [0.717, 1.165) is 10.3 Å². The molecule has 0 unspecified atom stereocenters. The van der Waals surface area contributed by atoms with E-state index in [2.05, 4.69) is 0 Å². The molecule has 0 aliphatic carbocycles. The Morgan fingerprint density at radius 2 is 1.60 bits per heavy atom. The van der Waals surface area contributed by atoms with Crippen molar-refractivity contribution >= 4 is 5.69 Å². The zero-order valence-electron chi connectivity index (χ0n) is 11.4. The van der Waals surface area contributed by atoms with Crippen molar-refractivity contribution in [3.8, 4) is 0 Å². The second-order valence-corrected chi connectivity index (χ2v) is 4.76. The lowest BCUT2D eigenvalue weighted by atomic mass is 10.1. The number of benzene rings is 1. The van der Waals surface area contributed by atoms with E-state index in [1.165, 1.54) is 24.5 Å². The van der Waals surface area contributed by atoms with Crippen LogP contribution in [0.2, 0.25) is 0 Å². The van der Waals surface area contributed by atoms with Gasteiger partial charge in [0.25, 0.3) is 0 Å². The summed E-state index contributed by atoms with van der Waals surface area (Å²) in [6.07, 6.45) is 0.641. The molecule has 0 bridgehead atoms. The van der Waals surface area contributed by atoms with Crippen LogP contribution in [0.4, 0.5) is 14.5 Å². The van der Waals surface area contributed by atoms with Gasteiger partial charge in [-0.2, -0.15) is 0 Å². The van der Waals surface area contributed by atoms with Gasteiger partial charge in [0.2, 0.25) is 6.10 Å². The number of nitrogens with zero attached hydrogens (tertiary/aromatic N) is 2. The minimum Gasteiger partial charge on any atom is -0.377 e. The lowest BCUT2D eigenvalue weighted by molar-refractivity contribution is -0.833. The zero-order chi connectivity index (χ0) is 14.8. The molecular weight excluding hydrogens is 262 g/mol. The third kappa shape index (κ3) is 2.77. The fraction of sp³-hybridized carbons (Fsp3) is 0.267. The largest absolute Gasteiger partial charge is 0.492 e. The Labute approximate surface area is 116 Å². The molecule has 1 atom stereocenters. The number of hydrogen-bond donors (Lipinski definition) is 1. The van der Waals surface area contributed by atoms with Gasteiger partial charge in [0.05, 0.1) is 0 Å². The Morgan fingerprint density at radius 1 is 1.05 bits per heavy atom. The van der Waals surface area contributed by atoms with E-state index in [-0.39, 0.29) is 5.56 Å². The monoisotopic (exact) mass is 279 g/mol. The standard InChI is InChI=1S/C15H17F2N2O/c1-18(2)13-8-10-19(11-9-13)15(16,17)14(20)12-6-4-3-5-7-12/h3-11,14,20H,1-2H3/q+1/t14-/m0/s1. The highest BCUT2D eigenvalue weighted by Crippen LogP contribution is 2.31. The number of alkyl halides is 2. The van der Waals surface area contributed by atoms with E-state index in [1.807, 2.05) is 19.0 Å². The van der Waals surface area contributed by atoms with Crippen LogP contribution in [0.5, 0.6) is 0 Å². The number of hydrogen-bond acceptors (Lipinski definition) is 2. The summed E-state index contributed by atoms with van der Waals surface area (Å²) in [5.41, 5.74) is 0.993. The third-order valence-corrected chi connectivity index (χ3v) is 3.12. The van der Waals surface area contributed by atoms with Crippen molar-refractivity contribution in [2.75, 3.05) is 19.0 Å². The first kappa shape index (κ1) is 14.4. The van der Waals surface area contributed by atoms with Gasteiger partial charge in [-0.05, 0) is 5.56 Å². The second kappa shape index (κ2) is 5.54. The molecule has 3 nitrogen and oxygen atoms in total. The highest BCUT2D eigenvalue weighted by Gasteiger charge is 2.49. The minimum absolute atomic E-state index is 0.182. The smallest absolute Gasteiger partial charge is 0.377 e. The average molecular weight is 279 g/mol. The van der Waals surface area contributed by atoms with E-state index in [9.17, 15) is 13.9 Å². The molecule has 2 aromatic rings. The summed E-state index contributed by atoms with van der Waals surface area (Å²) in [5, 5.41) is 9.90. The molecule has 0 amide bonds. The van der Waals surface area contributed by atoms with Crippen molar-refractivity contribution in [2.45, 2.75) is 12.2 Å². The van der Waals surface area contributed by atoms with Crippen molar-refractivity contribution in [1.29, 1.82) is 0 Å². The zero-order valence-corrected chi connectivity index (χ0v) is 11.4. The molecule has 2 rings (SSSR count). The van der Waals surface area contributed by atoms with Crippen LogP contribution < -0.4 is 9.47 Å². The number of aliphatic hydroxyl groups is 1. The number of pyridine rings is 1. The molecule has 1 N–H and O–H groups in total. The van der Waals surface area contributed by atoms with Crippen LogP contribution in [0.25, 0.3) is 0 Å². The van der Waals surface area contributed by atoms with Crippen molar-refractivity contribution in [1.82, 2.24) is 0 Å². The maximum atomic E-state index is 14.3. The van der Waals surface area contributed by atoms with Crippen molar-refractivity contribution in [3.05, 3.63) is 60.4 Å². The first-order chi connectivity index (χ1) is 9.43. The van der Waals surface area contributed by atoms with Gasteiger partial charge < -0.3 is 10.0 Å². The molecule has 0 saturated carbocycles. The summed E-state index contributed by atoms with van der Waals surface area (Å²) in [4.78, 5) is 1.82. The summed E-state index contributed by atoms with van der Waals surface area (Å²) in [7, 11) is 3.66. The highest BCUT2D eigenvalue weighted by atomic mass is 19.3. The third-order valence-electron chi connectivity index (χ3n) is 3.12. The van der Waals surface area contributed by atoms with Crippen molar-refractivity contribution in [2.24, 2.45) is 0 Å². The van der Waals surface area contributed by atoms with Crippen molar-refractivity contribution in [3.63, 3.8) is 0 Å². The minimum atomic E-state index is -3.41. The summed E-state index contributed by atoms with van der Waals surface area (Å²) in [5.74, 6) is 0. The summed E-state index contributed by atoms with van der Waals surface area (Å²) >= 11 is 0. The van der Waals surface area contributed by atoms with E-state index in [4.69, 9.17) is 0 Å². The predicted molar refractivity (Wildman–Crippen MR) is 72.6 cm³/mol. The fourth-order valence-electron chi connectivity index (χ4n) is 1.89. The molecule has 20 heavy (non-hydrogen) atoms. The van der Waals surface area contributed by atoms with E-state index < -0.39 is 12.2 Å². The topological polar surface area (TPSA) is 27.4 Å². The van der Waals surface area contributed by atoms with Gasteiger partial charge in [0.15, 0.2) is 12.4 Å². The molecule has 1 aromatic carbocycles. The van der Waals surface area contributed by atoms with Crippen LogP contribution in [0.3, 0.4) is 0 Å². The molecule has 106 valence electrons. The number of anilines is 1. The quantitative estimate of drug-likeness (QED) is 0.870. The van der Waals surface area contributed by atoms with Crippen molar-refractivity contribution < 1.29 is 18.5 Å². The molecule has 1 aromatic heterocycles. The van der Waals surface area contributed by atoms with Crippen LogP contribution in [0.1, 0.15) is 11.7 Å². The Kier molecular flexibility index (Phi) is 3.99. The SMILES string of the molecule is CN(C)c1cc[n+](C(F)(F)[C@@H](O)c2ccccc2)cc1. The Bertz CT molecular complexity index is 556. The van der Waals surface area contributed by atoms with Crippen LogP contribution in [0.15, 0.2) is 54.9 Å². The molecule has 0 aliphatic heterocycles. The molecule has 0 aliphatic rings. The Balaban J connectivity index is 2.29. The summed E-state index contributed by atoms with van der Waals surface area (Å²) < 4.78 is 29.3. The average Bonchev–Trinajstić information content (AvgIpc) is 2.47. The van der Waals surface area contributed by atoms with Gasteiger partial charge in [-0.1, -0.05) is 30.3 Å². The molecule has 0 spiro atoms. The van der Waals surface area contributed by atoms with E-state index in [0.29, 0.717) is 0 Å². The van der Waals surface area contributed by atoms with Gasteiger partial charge in [-0.15, -0.1) is 13.3 Å². The number of halogens is 2. The van der Waals surface area contributed by atoms with Gasteiger partial charge in [0, 0.05) is 31.9 Å². The normalized spacial score (nSPS) is 13.1. The molecule has 5 heteroatoms. The van der Waals surface area contributed by atoms with Gasteiger partial charge >= 0.3 is 6.05 Å². The Morgan fingerprint density at radius 3 is 2.10 bits per heavy atom. The predicted octanol–water partition coefficient (Wildman–Crippen LogP) is 2.32. The fourth-order valence-corrected chi connectivity index (χ4v) is 1.89. The Hall–Kier alpha value is -2.01. The summed E-state index contributed by atoms with van der Waals surface area (Å²) in [6.45, 7) is 0. The molecule has 1 heterocycles. The molecular formula is C15H17F2N2O+. The van der Waals surface area contributed by atoms with Crippen LogP contribution in [0, 0.1) is 0 Å². The molecule has 0 saturated heterocycles.